The lowest BCUT2D eigenvalue weighted by Gasteiger charge is -2.14. The molecule has 0 amide bonds. The van der Waals surface area contributed by atoms with E-state index in [1.54, 1.807) is 13.2 Å². The van der Waals surface area contributed by atoms with Gasteiger partial charge in [0.25, 0.3) is 0 Å². The lowest BCUT2D eigenvalue weighted by Crippen LogP contribution is -2.25. The van der Waals surface area contributed by atoms with Gasteiger partial charge in [-0.15, -0.1) is 12.4 Å². The van der Waals surface area contributed by atoms with Crippen LogP contribution in [0.3, 0.4) is 0 Å². The Labute approximate surface area is 143 Å². The van der Waals surface area contributed by atoms with Crippen molar-refractivity contribution in [1.82, 2.24) is 5.32 Å². The fourth-order valence-electron chi connectivity index (χ4n) is 2.34. The molecule has 1 N–H and O–H groups in total. The van der Waals surface area contributed by atoms with Crippen LogP contribution in [0.4, 0.5) is 0 Å². The topological polar surface area (TPSA) is 39.7 Å². The highest BCUT2D eigenvalue weighted by Crippen LogP contribution is 2.36. The average molecular weight is 348 g/mol. The number of rotatable bonds is 8. The Bertz CT molecular complexity index is 477. The van der Waals surface area contributed by atoms with Crippen molar-refractivity contribution in [2.75, 3.05) is 26.9 Å². The van der Waals surface area contributed by atoms with Crippen LogP contribution >= 0.6 is 24.0 Å². The standard InChI is InChI=1S/C16H22ClNO3.ClH/c1-3-6-21-16-14(17)8-12(9-15(16)19-2)10-18-11-13-5-4-7-20-13;/h3,8-9,13,18H,1,4-7,10-11H2,2H3;1H. The Kier molecular flexibility index (Phi) is 8.64. The van der Waals surface area contributed by atoms with E-state index in [0.717, 1.165) is 38.1 Å². The molecular formula is C16H23Cl2NO3. The predicted molar refractivity (Wildman–Crippen MR) is 91.6 cm³/mol. The van der Waals surface area contributed by atoms with Gasteiger partial charge in [-0.2, -0.15) is 0 Å². The molecule has 2 rings (SSSR count). The van der Waals surface area contributed by atoms with Crippen LogP contribution in [-0.2, 0) is 11.3 Å². The first-order valence-electron chi connectivity index (χ1n) is 7.17. The van der Waals surface area contributed by atoms with Crippen LogP contribution < -0.4 is 14.8 Å². The Morgan fingerprint density at radius 3 is 2.95 bits per heavy atom. The van der Waals surface area contributed by atoms with Gasteiger partial charge in [0.2, 0.25) is 0 Å². The lowest BCUT2D eigenvalue weighted by atomic mass is 10.2. The van der Waals surface area contributed by atoms with Crippen molar-refractivity contribution in [2.45, 2.75) is 25.5 Å². The van der Waals surface area contributed by atoms with Gasteiger partial charge in [-0.1, -0.05) is 24.3 Å². The zero-order valence-corrected chi connectivity index (χ0v) is 14.3. The second kappa shape index (κ2) is 9.95. The van der Waals surface area contributed by atoms with Crippen LogP contribution in [0.2, 0.25) is 5.02 Å². The summed E-state index contributed by atoms with van der Waals surface area (Å²) in [6.45, 7) is 6.47. The summed E-state index contributed by atoms with van der Waals surface area (Å²) in [5, 5.41) is 3.94. The monoisotopic (exact) mass is 347 g/mol. The predicted octanol–water partition coefficient (Wildman–Crippen LogP) is 3.60. The van der Waals surface area contributed by atoms with E-state index in [0.29, 0.717) is 29.2 Å². The fraction of sp³-hybridized carbons (Fsp3) is 0.500. The third kappa shape index (κ3) is 5.36. The van der Waals surface area contributed by atoms with Crippen LogP contribution in [0.15, 0.2) is 24.8 Å². The molecule has 0 radical (unpaired) electrons. The van der Waals surface area contributed by atoms with Crippen molar-refractivity contribution >= 4 is 24.0 Å². The van der Waals surface area contributed by atoms with Crippen LogP contribution in [0, 0.1) is 0 Å². The number of hydrogen-bond donors (Lipinski definition) is 1. The quantitative estimate of drug-likeness (QED) is 0.729. The Morgan fingerprint density at radius 2 is 2.32 bits per heavy atom. The van der Waals surface area contributed by atoms with Crippen molar-refractivity contribution in [1.29, 1.82) is 0 Å². The van der Waals surface area contributed by atoms with Gasteiger partial charge in [0.05, 0.1) is 18.2 Å². The van der Waals surface area contributed by atoms with Gasteiger partial charge in [0.15, 0.2) is 11.5 Å². The molecule has 1 fully saturated rings. The van der Waals surface area contributed by atoms with E-state index in [4.69, 9.17) is 25.8 Å². The van der Waals surface area contributed by atoms with Gasteiger partial charge < -0.3 is 19.5 Å². The first-order chi connectivity index (χ1) is 10.2. The molecule has 1 aromatic rings. The molecule has 1 saturated heterocycles. The molecular weight excluding hydrogens is 325 g/mol. The molecule has 1 atom stereocenters. The summed E-state index contributed by atoms with van der Waals surface area (Å²) in [7, 11) is 1.61. The van der Waals surface area contributed by atoms with E-state index >= 15 is 0 Å². The molecule has 6 heteroatoms. The van der Waals surface area contributed by atoms with Gasteiger partial charge in [-0.3, -0.25) is 0 Å². The molecule has 1 unspecified atom stereocenters. The summed E-state index contributed by atoms with van der Waals surface area (Å²) in [6, 6.07) is 3.83. The zero-order valence-electron chi connectivity index (χ0n) is 12.8. The Hall–Kier alpha value is -0.940. The highest BCUT2D eigenvalue weighted by molar-refractivity contribution is 6.32. The van der Waals surface area contributed by atoms with Gasteiger partial charge in [-0.05, 0) is 30.5 Å². The molecule has 1 aliphatic heterocycles. The molecule has 1 aliphatic rings. The summed E-state index contributed by atoms with van der Waals surface area (Å²) in [5.74, 6) is 1.19. The number of ether oxygens (including phenoxy) is 3. The van der Waals surface area contributed by atoms with E-state index in [9.17, 15) is 0 Å². The summed E-state index contributed by atoms with van der Waals surface area (Å²) < 4.78 is 16.5. The van der Waals surface area contributed by atoms with Crippen molar-refractivity contribution < 1.29 is 14.2 Å². The zero-order chi connectivity index (χ0) is 15.1. The Morgan fingerprint density at radius 1 is 1.50 bits per heavy atom. The Balaban J connectivity index is 0.00000242. The second-order valence-corrected chi connectivity index (χ2v) is 5.38. The van der Waals surface area contributed by atoms with Crippen LogP contribution in [0.5, 0.6) is 11.5 Å². The fourth-order valence-corrected chi connectivity index (χ4v) is 2.63. The average Bonchev–Trinajstić information content (AvgIpc) is 2.99. The molecule has 0 spiro atoms. The minimum Gasteiger partial charge on any atom is -0.493 e. The third-order valence-corrected chi connectivity index (χ3v) is 3.64. The first-order valence-corrected chi connectivity index (χ1v) is 7.54. The summed E-state index contributed by atoms with van der Waals surface area (Å²) >= 11 is 6.26. The number of halogens is 2. The molecule has 4 nitrogen and oxygen atoms in total. The maximum atomic E-state index is 6.26. The van der Waals surface area contributed by atoms with E-state index in [-0.39, 0.29) is 12.4 Å². The van der Waals surface area contributed by atoms with Gasteiger partial charge in [-0.25, -0.2) is 0 Å². The van der Waals surface area contributed by atoms with Crippen molar-refractivity contribution in [2.24, 2.45) is 0 Å². The van der Waals surface area contributed by atoms with Gasteiger partial charge >= 0.3 is 0 Å². The van der Waals surface area contributed by atoms with Crippen molar-refractivity contribution in [3.63, 3.8) is 0 Å². The molecule has 0 aliphatic carbocycles. The lowest BCUT2D eigenvalue weighted by molar-refractivity contribution is 0.110. The normalized spacial score (nSPS) is 16.9. The van der Waals surface area contributed by atoms with Crippen molar-refractivity contribution in [3.05, 3.63) is 35.4 Å². The number of nitrogens with one attached hydrogen (secondary N) is 1. The molecule has 0 saturated carbocycles. The maximum Gasteiger partial charge on any atom is 0.180 e. The summed E-state index contributed by atoms with van der Waals surface area (Å²) in [6.07, 6.45) is 4.29. The SMILES string of the molecule is C=CCOc1c(Cl)cc(CNCC2CCCO2)cc1OC.Cl. The number of hydrogen-bond acceptors (Lipinski definition) is 4. The smallest absolute Gasteiger partial charge is 0.180 e. The van der Waals surface area contributed by atoms with E-state index in [2.05, 4.69) is 11.9 Å². The minimum atomic E-state index is 0. The molecule has 1 aromatic carbocycles. The molecule has 124 valence electrons. The van der Waals surface area contributed by atoms with E-state index in [1.165, 1.54) is 0 Å². The van der Waals surface area contributed by atoms with E-state index in [1.807, 2.05) is 12.1 Å². The number of methoxy groups -OCH3 is 1. The molecule has 0 bridgehead atoms. The van der Waals surface area contributed by atoms with Crippen LogP contribution in [0.1, 0.15) is 18.4 Å². The number of benzene rings is 1. The largest absolute Gasteiger partial charge is 0.493 e. The minimum absolute atomic E-state index is 0. The molecule has 22 heavy (non-hydrogen) atoms. The third-order valence-electron chi connectivity index (χ3n) is 3.36. The highest BCUT2D eigenvalue weighted by atomic mass is 35.5. The van der Waals surface area contributed by atoms with Crippen LogP contribution in [0.25, 0.3) is 0 Å². The molecule has 1 heterocycles. The van der Waals surface area contributed by atoms with Gasteiger partial charge in [0, 0.05) is 19.7 Å². The van der Waals surface area contributed by atoms with E-state index < -0.39 is 0 Å². The van der Waals surface area contributed by atoms with Crippen molar-refractivity contribution in [3.8, 4) is 11.5 Å². The van der Waals surface area contributed by atoms with Gasteiger partial charge in [0.1, 0.15) is 6.61 Å². The molecule has 0 aromatic heterocycles. The summed E-state index contributed by atoms with van der Waals surface area (Å²) in [4.78, 5) is 0. The van der Waals surface area contributed by atoms with Crippen LogP contribution in [-0.4, -0.2) is 33.0 Å². The summed E-state index contributed by atoms with van der Waals surface area (Å²) in [5.41, 5.74) is 1.06. The second-order valence-electron chi connectivity index (χ2n) is 4.97. The highest BCUT2D eigenvalue weighted by Gasteiger charge is 2.15. The maximum absolute atomic E-state index is 6.26. The first kappa shape index (κ1) is 19.1.